The van der Waals surface area contributed by atoms with Crippen LogP contribution in [0.2, 0.25) is 0 Å². The van der Waals surface area contributed by atoms with E-state index in [0.29, 0.717) is 12.4 Å². The number of carbonyl (C=O) groups excluding carboxylic acids is 1. The summed E-state index contributed by atoms with van der Waals surface area (Å²) in [7, 11) is 1.61. The Morgan fingerprint density at radius 3 is 2.41 bits per heavy atom. The van der Waals surface area contributed by atoms with E-state index in [2.05, 4.69) is 20.8 Å². The van der Waals surface area contributed by atoms with Gasteiger partial charge in [0, 0.05) is 5.56 Å². The second-order valence-electron chi connectivity index (χ2n) is 7.03. The van der Waals surface area contributed by atoms with E-state index in [1.165, 1.54) is 0 Å². The summed E-state index contributed by atoms with van der Waals surface area (Å²) in [5.41, 5.74) is 7.31. The summed E-state index contributed by atoms with van der Waals surface area (Å²) in [5.74, 6) is 0.410. The summed E-state index contributed by atoms with van der Waals surface area (Å²) in [4.78, 5) is 12.6. The molecule has 1 fully saturated rings. The summed E-state index contributed by atoms with van der Waals surface area (Å²) in [5, 5.41) is 0. The monoisotopic (exact) mass is 305 g/mol. The Kier molecular flexibility index (Phi) is 4.52. The number of hydrogen-bond acceptors (Lipinski definition) is 4. The minimum Gasteiger partial charge on any atom is -0.496 e. The van der Waals surface area contributed by atoms with Gasteiger partial charge in [-0.2, -0.15) is 0 Å². The molecule has 1 aromatic rings. The van der Waals surface area contributed by atoms with Crippen molar-refractivity contribution in [2.75, 3.05) is 13.7 Å². The molecular weight excluding hydrogens is 278 g/mol. The standard InChI is InChI=1S/C18H27NO3/c1-6-22-16(20)18(19,12-7-8-12)14-11-13(17(2,3)4)9-10-15(14)21-5/h9-12H,6-8,19H2,1-5H3. The van der Waals surface area contributed by atoms with Crippen LogP contribution in [-0.2, 0) is 20.5 Å². The van der Waals surface area contributed by atoms with Crippen molar-refractivity contribution in [2.45, 2.75) is 51.5 Å². The van der Waals surface area contributed by atoms with E-state index in [-0.39, 0.29) is 17.3 Å². The fourth-order valence-corrected chi connectivity index (χ4v) is 2.78. The van der Waals surface area contributed by atoms with Crippen LogP contribution in [0.5, 0.6) is 5.75 Å². The van der Waals surface area contributed by atoms with Gasteiger partial charge in [-0.25, -0.2) is 4.79 Å². The van der Waals surface area contributed by atoms with Gasteiger partial charge in [0.2, 0.25) is 0 Å². The maximum absolute atomic E-state index is 12.6. The summed E-state index contributed by atoms with van der Waals surface area (Å²) in [6, 6.07) is 5.94. The van der Waals surface area contributed by atoms with Gasteiger partial charge in [0.25, 0.3) is 0 Å². The molecule has 0 aliphatic heterocycles. The van der Waals surface area contributed by atoms with Crippen LogP contribution in [0.25, 0.3) is 0 Å². The topological polar surface area (TPSA) is 61.5 Å². The van der Waals surface area contributed by atoms with E-state index in [1.54, 1.807) is 14.0 Å². The van der Waals surface area contributed by atoms with Crippen molar-refractivity contribution in [3.05, 3.63) is 29.3 Å². The minimum absolute atomic E-state index is 0.0276. The highest BCUT2D eigenvalue weighted by molar-refractivity contribution is 5.84. The maximum atomic E-state index is 12.6. The van der Waals surface area contributed by atoms with Crippen LogP contribution < -0.4 is 10.5 Å². The number of carbonyl (C=O) groups is 1. The molecule has 22 heavy (non-hydrogen) atoms. The van der Waals surface area contributed by atoms with Gasteiger partial charge in [-0.05, 0) is 48.8 Å². The number of hydrogen-bond donors (Lipinski definition) is 1. The van der Waals surface area contributed by atoms with Crippen LogP contribution >= 0.6 is 0 Å². The lowest BCUT2D eigenvalue weighted by molar-refractivity contribution is -0.151. The summed E-state index contributed by atoms with van der Waals surface area (Å²) < 4.78 is 10.7. The van der Waals surface area contributed by atoms with Crippen LogP contribution in [0.3, 0.4) is 0 Å². The third-order valence-electron chi connectivity index (χ3n) is 4.35. The Morgan fingerprint density at radius 1 is 1.32 bits per heavy atom. The number of benzene rings is 1. The Morgan fingerprint density at radius 2 is 1.95 bits per heavy atom. The quantitative estimate of drug-likeness (QED) is 0.849. The Hall–Kier alpha value is -1.55. The minimum atomic E-state index is -1.12. The zero-order valence-corrected chi connectivity index (χ0v) is 14.2. The average molecular weight is 305 g/mol. The summed E-state index contributed by atoms with van der Waals surface area (Å²) >= 11 is 0. The zero-order valence-electron chi connectivity index (χ0n) is 14.2. The second-order valence-corrected chi connectivity index (χ2v) is 7.03. The first-order valence-electron chi connectivity index (χ1n) is 7.90. The Bertz CT molecular complexity index is 558. The van der Waals surface area contributed by atoms with E-state index in [9.17, 15) is 4.79 Å². The molecule has 0 heterocycles. The highest BCUT2D eigenvalue weighted by atomic mass is 16.5. The molecule has 1 unspecified atom stereocenters. The number of nitrogens with two attached hydrogens (primary N) is 1. The second kappa shape index (κ2) is 5.92. The molecule has 1 saturated carbocycles. The lowest BCUT2D eigenvalue weighted by Crippen LogP contribution is -2.48. The Labute approximate surface area is 133 Å². The van der Waals surface area contributed by atoms with E-state index >= 15 is 0 Å². The van der Waals surface area contributed by atoms with E-state index in [4.69, 9.17) is 15.2 Å². The molecular formula is C18H27NO3. The van der Waals surface area contributed by atoms with Crippen molar-refractivity contribution in [3.63, 3.8) is 0 Å². The third-order valence-corrected chi connectivity index (χ3v) is 4.35. The molecule has 122 valence electrons. The van der Waals surface area contributed by atoms with Crippen molar-refractivity contribution in [1.82, 2.24) is 0 Å². The highest BCUT2D eigenvalue weighted by Crippen LogP contribution is 2.48. The molecule has 2 rings (SSSR count). The number of methoxy groups -OCH3 is 1. The molecule has 1 atom stereocenters. The van der Waals surface area contributed by atoms with E-state index in [1.807, 2.05) is 18.2 Å². The molecule has 1 aromatic carbocycles. The van der Waals surface area contributed by atoms with Crippen molar-refractivity contribution < 1.29 is 14.3 Å². The van der Waals surface area contributed by atoms with Crippen molar-refractivity contribution in [3.8, 4) is 5.75 Å². The van der Waals surface area contributed by atoms with Crippen molar-refractivity contribution >= 4 is 5.97 Å². The first-order valence-corrected chi connectivity index (χ1v) is 7.90. The molecule has 1 aliphatic carbocycles. The molecule has 4 heteroatoms. The highest BCUT2D eigenvalue weighted by Gasteiger charge is 2.52. The van der Waals surface area contributed by atoms with Crippen molar-refractivity contribution in [1.29, 1.82) is 0 Å². The molecule has 0 bridgehead atoms. The molecule has 2 N–H and O–H groups in total. The van der Waals surface area contributed by atoms with E-state index in [0.717, 1.165) is 24.0 Å². The molecule has 0 amide bonds. The molecule has 0 radical (unpaired) electrons. The normalized spacial score (nSPS) is 17.7. The van der Waals surface area contributed by atoms with Crippen LogP contribution in [0, 0.1) is 5.92 Å². The number of rotatable bonds is 5. The maximum Gasteiger partial charge on any atom is 0.331 e. The lowest BCUT2D eigenvalue weighted by Gasteiger charge is -2.31. The van der Waals surface area contributed by atoms with Crippen LogP contribution in [-0.4, -0.2) is 19.7 Å². The fourth-order valence-electron chi connectivity index (χ4n) is 2.78. The average Bonchev–Trinajstić information content (AvgIpc) is 3.30. The van der Waals surface area contributed by atoms with Gasteiger partial charge in [-0.1, -0.05) is 26.8 Å². The first kappa shape index (κ1) is 16.8. The van der Waals surface area contributed by atoms with Gasteiger partial charge < -0.3 is 15.2 Å². The smallest absolute Gasteiger partial charge is 0.331 e. The van der Waals surface area contributed by atoms with Gasteiger partial charge in [-0.3, -0.25) is 0 Å². The molecule has 1 aliphatic rings. The van der Waals surface area contributed by atoms with Crippen LogP contribution in [0.1, 0.15) is 51.7 Å². The van der Waals surface area contributed by atoms with Crippen LogP contribution in [0.15, 0.2) is 18.2 Å². The molecule has 0 aromatic heterocycles. The van der Waals surface area contributed by atoms with Gasteiger partial charge in [0.1, 0.15) is 11.3 Å². The molecule has 4 nitrogen and oxygen atoms in total. The SMILES string of the molecule is CCOC(=O)C(N)(c1cc(C(C)(C)C)ccc1OC)C1CC1. The van der Waals surface area contributed by atoms with Gasteiger partial charge in [-0.15, -0.1) is 0 Å². The predicted molar refractivity (Wildman–Crippen MR) is 86.9 cm³/mol. The van der Waals surface area contributed by atoms with Crippen molar-refractivity contribution in [2.24, 2.45) is 11.7 Å². The Balaban J connectivity index is 2.57. The van der Waals surface area contributed by atoms with E-state index < -0.39 is 5.54 Å². The molecule has 0 saturated heterocycles. The largest absolute Gasteiger partial charge is 0.496 e. The van der Waals surface area contributed by atoms with Crippen LogP contribution in [0.4, 0.5) is 0 Å². The third kappa shape index (κ3) is 2.98. The summed E-state index contributed by atoms with van der Waals surface area (Å²) in [6.45, 7) is 8.54. The first-order chi connectivity index (χ1) is 10.2. The summed E-state index contributed by atoms with van der Waals surface area (Å²) in [6.07, 6.45) is 1.89. The predicted octanol–water partition coefficient (Wildman–Crippen LogP) is 3.12. The molecule has 0 spiro atoms. The fraction of sp³-hybridized carbons (Fsp3) is 0.611. The lowest BCUT2D eigenvalue weighted by atomic mass is 9.80. The van der Waals surface area contributed by atoms with Gasteiger partial charge in [0.05, 0.1) is 13.7 Å². The number of ether oxygens (including phenoxy) is 2. The number of esters is 1. The van der Waals surface area contributed by atoms with Gasteiger partial charge >= 0.3 is 5.97 Å². The van der Waals surface area contributed by atoms with Gasteiger partial charge in [0.15, 0.2) is 0 Å². The zero-order chi connectivity index (χ0) is 16.5.